The molecular weight excluding hydrogens is 924 g/mol. The number of methoxy groups -OCH3 is 1. The van der Waals surface area contributed by atoms with Gasteiger partial charge in [0.2, 0.25) is 5.75 Å². The standard InChI is InChI=1S/C23H17N5O10S.C16H11ClN2O2.Cr.2Na/c1-38-16-5-2-13(3-6-16)24-14-4-7-17-12(8-14)9-20(39(35,36)37)23(30)21(17)26-25-18-10-15(27(31)32)11-19(22(18)29)28(33)34;17-11-6-8-14(20)13(9-11)18-19-16-12-4-2-1-3-10(12)5-7-15(16)21;;;/h2-11,24,29-30H,1H3,(H,35,36,37);1-9,20-21H;;;/q;;;2*+1. The van der Waals surface area contributed by atoms with Crippen LogP contribution in [0, 0.1) is 20.2 Å². The van der Waals surface area contributed by atoms with Crippen LogP contribution in [-0.4, -0.2) is 50.4 Å². The molecule has 6 N–H and O–H groups in total. The first kappa shape index (κ1) is 51.9. The van der Waals surface area contributed by atoms with Crippen molar-refractivity contribution in [1.29, 1.82) is 0 Å². The molecule has 0 saturated heterocycles. The largest absolute Gasteiger partial charge is 1.00 e. The fraction of sp³-hybridized carbons (Fsp3) is 0.0256. The second-order valence-corrected chi connectivity index (χ2v) is 14.2. The molecule has 24 heteroatoms. The van der Waals surface area contributed by atoms with Crippen LogP contribution in [0.2, 0.25) is 5.02 Å². The maximum Gasteiger partial charge on any atom is 1.00 e. The first-order valence-corrected chi connectivity index (χ1v) is 18.7. The van der Waals surface area contributed by atoms with Crippen LogP contribution in [0.3, 0.4) is 0 Å². The fourth-order valence-corrected chi connectivity index (χ4v) is 6.40. The van der Waals surface area contributed by atoms with E-state index in [2.05, 4.69) is 25.8 Å². The molecule has 310 valence electrons. The Balaban J connectivity index is 0.000000373. The summed E-state index contributed by atoms with van der Waals surface area (Å²) in [5, 5.41) is 83.8. The predicted octanol–water partition coefficient (Wildman–Crippen LogP) is 4.81. The van der Waals surface area contributed by atoms with Crippen molar-refractivity contribution in [2.45, 2.75) is 4.90 Å². The summed E-state index contributed by atoms with van der Waals surface area (Å²) >= 11 is 5.86. The number of non-ortho nitro benzene ring substituents is 1. The third kappa shape index (κ3) is 12.4. The van der Waals surface area contributed by atoms with Gasteiger partial charge < -0.3 is 30.5 Å². The van der Waals surface area contributed by atoms with Gasteiger partial charge >= 0.3 is 64.8 Å². The molecule has 0 aliphatic heterocycles. The van der Waals surface area contributed by atoms with Gasteiger partial charge in [-0.3, -0.25) is 24.8 Å². The van der Waals surface area contributed by atoms with Crippen molar-refractivity contribution in [3.05, 3.63) is 141 Å². The summed E-state index contributed by atoms with van der Waals surface area (Å²) in [6.07, 6.45) is 0. The van der Waals surface area contributed by atoms with Crippen molar-refractivity contribution < 1.29 is 124 Å². The van der Waals surface area contributed by atoms with E-state index in [0.717, 1.165) is 16.8 Å². The van der Waals surface area contributed by atoms with Gasteiger partial charge in [-0.15, -0.1) is 20.5 Å². The number of nitrogens with zero attached hydrogens (tertiary/aromatic N) is 6. The maximum absolute atomic E-state index is 12.0. The number of aromatic hydroxyl groups is 4. The summed E-state index contributed by atoms with van der Waals surface area (Å²) < 4.78 is 38.7. The van der Waals surface area contributed by atoms with Crippen LogP contribution in [0.15, 0.2) is 141 Å². The van der Waals surface area contributed by atoms with E-state index in [1.54, 1.807) is 48.5 Å². The van der Waals surface area contributed by atoms with Crippen molar-refractivity contribution >= 4 is 88.8 Å². The molecule has 0 amide bonds. The Kier molecular flexibility index (Phi) is 18.4. The van der Waals surface area contributed by atoms with Crippen molar-refractivity contribution in [2.75, 3.05) is 12.4 Å². The van der Waals surface area contributed by atoms with Gasteiger partial charge in [0, 0.05) is 50.6 Å². The summed E-state index contributed by atoms with van der Waals surface area (Å²) in [6, 6.07) is 29.0. The number of hydrogen-bond donors (Lipinski definition) is 6. The van der Waals surface area contributed by atoms with Gasteiger partial charge in [-0.2, -0.15) is 8.42 Å². The molecule has 0 bridgehead atoms. The number of fused-ring (bicyclic) bond motifs is 2. The summed E-state index contributed by atoms with van der Waals surface area (Å²) in [5.41, 5.74) is -1.25. The second kappa shape index (κ2) is 22.3. The first-order chi connectivity index (χ1) is 28.5. The molecule has 0 unspecified atom stereocenters. The van der Waals surface area contributed by atoms with Crippen LogP contribution in [0.1, 0.15) is 0 Å². The molecule has 63 heavy (non-hydrogen) atoms. The van der Waals surface area contributed by atoms with Gasteiger partial charge in [0.1, 0.15) is 44.9 Å². The van der Waals surface area contributed by atoms with E-state index in [9.17, 15) is 53.6 Å². The number of nitro groups is 2. The van der Waals surface area contributed by atoms with E-state index in [1.807, 2.05) is 24.3 Å². The Morgan fingerprint density at radius 3 is 1.92 bits per heavy atom. The number of rotatable bonds is 10. The molecule has 0 heterocycles. The van der Waals surface area contributed by atoms with E-state index in [-0.39, 0.29) is 104 Å². The molecule has 0 atom stereocenters. The Morgan fingerprint density at radius 2 is 1.27 bits per heavy atom. The van der Waals surface area contributed by atoms with Crippen molar-refractivity contribution in [3.63, 3.8) is 0 Å². The SMILES string of the molecule is COc1ccc(Nc2ccc3c(N=Nc4cc([N+](=O)[O-])cc([N+](=O)[O-])c4O)c(O)c(S(=O)(=O)O)cc3c2)cc1.Oc1ccc(Cl)cc1N=Nc1c(O)ccc2ccccc12.[Cr].[Na+].[Na+]. The Labute approximate surface area is 416 Å². The monoisotopic (exact) mass is 951 g/mol. The normalized spacial score (nSPS) is 10.9. The van der Waals surface area contributed by atoms with Crippen molar-refractivity contribution in [1.82, 2.24) is 0 Å². The van der Waals surface area contributed by atoms with E-state index < -0.39 is 59.1 Å². The third-order valence-corrected chi connectivity index (χ3v) is 9.60. The Morgan fingerprint density at radius 1 is 0.651 bits per heavy atom. The minimum Gasteiger partial charge on any atom is -0.506 e. The quantitative estimate of drug-likeness (QED) is 0.0353. The zero-order chi connectivity index (χ0) is 43.3. The number of nitrogens with one attached hydrogen (secondary N) is 1. The number of benzene rings is 7. The molecule has 7 aromatic carbocycles. The zero-order valence-corrected chi connectivity index (χ0v) is 39.8. The molecule has 7 rings (SSSR count). The number of halogens is 1. The van der Waals surface area contributed by atoms with Gasteiger partial charge in [-0.05, 0) is 83.6 Å². The van der Waals surface area contributed by atoms with Crippen LogP contribution < -0.4 is 69.2 Å². The van der Waals surface area contributed by atoms with Gasteiger partial charge in [0.15, 0.2) is 5.75 Å². The van der Waals surface area contributed by atoms with Gasteiger partial charge in [0.25, 0.3) is 15.8 Å². The van der Waals surface area contributed by atoms with E-state index in [1.165, 1.54) is 31.4 Å². The number of phenolic OH excluding ortho intramolecular Hbond substituents is 4. The van der Waals surface area contributed by atoms with Crippen molar-refractivity contribution in [3.8, 4) is 28.7 Å². The molecule has 0 saturated carbocycles. The van der Waals surface area contributed by atoms with Crippen LogP contribution in [0.4, 0.5) is 45.5 Å². The molecular formula is C39H28ClCrN7Na2O12S+2. The minimum absolute atomic E-state index is 0. The molecule has 0 radical (unpaired) electrons. The number of ether oxygens (including phenoxy) is 1. The Bertz CT molecular complexity index is 3020. The molecule has 0 aliphatic rings. The van der Waals surface area contributed by atoms with Gasteiger partial charge in [-0.25, -0.2) is 0 Å². The maximum atomic E-state index is 12.0. The summed E-state index contributed by atoms with van der Waals surface area (Å²) in [5.74, 6) is -1.43. The third-order valence-electron chi connectivity index (χ3n) is 8.50. The smallest absolute Gasteiger partial charge is 0.506 e. The first-order valence-electron chi connectivity index (χ1n) is 16.9. The van der Waals surface area contributed by atoms with Crippen LogP contribution in [-0.2, 0) is 27.5 Å². The number of phenols is 4. The topological polar surface area (TPSA) is 292 Å². The molecule has 0 spiro atoms. The fourth-order valence-electron chi connectivity index (χ4n) is 5.61. The second-order valence-electron chi connectivity index (χ2n) is 12.4. The van der Waals surface area contributed by atoms with E-state index in [4.69, 9.17) is 16.3 Å². The van der Waals surface area contributed by atoms with E-state index >= 15 is 0 Å². The average molecular weight is 952 g/mol. The molecule has 7 aromatic rings. The number of nitro benzene ring substituents is 2. The van der Waals surface area contributed by atoms with E-state index in [0.29, 0.717) is 40.0 Å². The summed E-state index contributed by atoms with van der Waals surface area (Å²) in [4.78, 5) is 19.4. The number of hydrogen-bond acceptors (Lipinski definition) is 16. The van der Waals surface area contributed by atoms with Crippen LogP contribution in [0.25, 0.3) is 21.5 Å². The predicted molar refractivity (Wildman–Crippen MR) is 220 cm³/mol. The molecule has 0 aromatic heterocycles. The number of anilines is 2. The average Bonchev–Trinajstić information content (AvgIpc) is 3.21. The van der Waals surface area contributed by atoms with Gasteiger partial charge in [0.05, 0.1) is 23.0 Å². The summed E-state index contributed by atoms with van der Waals surface area (Å²) in [7, 11) is -3.45. The van der Waals surface area contributed by atoms with Gasteiger partial charge in [-0.1, -0.05) is 41.9 Å². The molecule has 19 nitrogen and oxygen atoms in total. The number of azo groups is 2. The minimum atomic E-state index is -4.97. The Hall–Kier alpha value is -5.41. The zero-order valence-electron chi connectivity index (χ0n) is 32.9. The molecule has 0 aliphatic carbocycles. The van der Waals surface area contributed by atoms with Crippen molar-refractivity contribution in [2.24, 2.45) is 20.5 Å². The van der Waals surface area contributed by atoms with Crippen LogP contribution in [0.5, 0.6) is 28.7 Å². The van der Waals surface area contributed by atoms with Crippen LogP contribution >= 0.6 is 11.6 Å². The molecule has 0 fully saturated rings. The summed E-state index contributed by atoms with van der Waals surface area (Å²) in [6.45, 7) is 0.